The molecule has 2 aromatic rings. The highest BCUT2D eigenvalue weighted by Gasteiger charge is 2.24. The van der Waals surface area contributed by atoms with Gasteiger partial charge in [0.25, 0.3) is 0 Å². The van der Waals surface area contributed by atoms with Gasteiger partial charge in [-0.2, -0.15) is 0 Å². The summed E-state index contributed by atoms with van der Waals surface area (Å²) in [7, 11) is 0. The van der Waals surface area contributed by atoms with Crippen molar-refractivity contribution in [2.24, 2.45) is 11.3 Å². The van der Waals surface area contributed by atoms with E-state index >= 15 is 0 Å². The van der Waals surface area contributed by atoms with Crippen LogP contribution >= 0.6 is 0 Å². The number of hydrogen-bond acceptors (Lipinski definition) is 1. The maximum atomic E-state index is 4.58. The van der Waals surface area contributed by atoms with E-state index in [-0.39, 0.29) is 5.41 Å². The van der Waals surface area contributed by atoms with Crippen LogP contribution in [0.15, 0.2) is 54.3 Å². The van der Waals surface area contributed by atoms with Gasteiger partial charge in [-0.1, -0.05) is 64.1 Å². The summed E-state index contributed by atoms with van der Waals surface area (Å²) in [4.78, 5) is 4.58. The van der Waals surface area contributed by atoms with E-state index in [0.717, 1.165) is 5.52 Å². The van der Waals surface area contributed by atoms with Gasteiger partial charge in [0.05, 0.1) is 5.52 Å². The van der Waals surface area contributed by atoms with Crippen LogP contribution in [0.5, 0.6) is 0 Å². The number of fused-ring (bicyclic) bond motifs is 1. The Hall–Kier alpha value is -1.89. The molecule has 1 aromatic heterocycles. The third-order valence-corrected chi connectivity index (χ3v) is 4.04. The highest BCUT2D eigenvalue weighted by Crippen LogP contribution is 2.40. The quantitative estimate of drug-likeness (QED) is 0.685. The van der Waals surface area contributed by atoms with Crippen LogP contribution in [0.3, 0.4) is 0 Å². The van der Waals surface area contributed by atoms with Crippen LogP contribution in [-0.2, 0) is 0 Å². The van der Waals surface area contributed by atoms with Crippen LogP contribution in [0.25, 0.3) is 16.5 Å². The maximum Gasteiger partial charge on any atom is 0.0777 e. The van der Waals surface area contributed by atoms with Crippen molar-refractivity contribution in [3.63, 3.8) is 0 Å². The Kier molecular flexibility index (Phi) is 3.01. The molecule has 1 heteroatoms. The van der Waals surface area contributed by atoms with Crippen molar-refractivity contribution < 1.29 is 0 Å². The van der Waals surface area contributed by atoms with Gasteiger partial charge in [-0.25, -0.2) is 0 Å². The van der Waals surface area contributed by atoms with Crippen molar-refractivity contribution in [2.45, 2.75) is 27.7 Å². The number of allylic oxidation sites excluding steroid dienone is 4. The van der Waals surface area contributed by atoms with Crippen molar-refractivity contribution in [1.29, 1.82) is 0 Å². The van der Waals surface area contributed by atoms with Crippen molar-refractivity contribution in [3.05, 3.63) is 59.8 Å². The lowest BCUT2D eigenvalue weighted by atomic mass is 9.87. The zero-order valence-corrected chi connectivity index (χ0v) is 12.6. The van der Waals surface area contributed by atoms with E-state index in [4.69, 9.17) is 0 Å². The Morgan fingerprint density at radius 3 is 2.50 bits per heavy atom. The summed E-state index contributed by atoms with van der Waals surface area (Å²) >= 11 is 0. The van der Waals surface area contributed by atoms with Crippen molar-refractivity contribution in [3.8, 4) is 0 Å². The summed E-state index contributed by atoms with van der Waals surface area (Å²) in [5, 5.41) is 1.21. The number of nitrogens with zero attached hydrogens (tertiary/aromatic N) is 1. The molecule has 0 bridgehead atoms. The number of hydrogen-bond donors (Lipinski definition) is 0. The van der Waals surface area contributed by atoms with E-state index in [2.05, 4.69) is 69.1 Å². The van der Waals surface area contributed by atoms with Gasteiger partial charge in [0.15, 0.2) is 0 Å². The smallest absolute Gasteiger partial charge is 0.0777 e. The first-order valence-electron chi connectivity index (χ1n) is 7.25. The minimum Gasteiger partial charge on any atom is -0.256 e. The first-order valence-corrected chi connectivity index (χ1v) is 7.25. The molecule has 0 radical (unpaired) electrons. The molecule has 3 rings (SSSR count). The van der Waals surface area contributed by atoms with E-state index in [1.807, 2.05) is 12.3 Å². The predicted molar refractivity (Wildman–Crippen MR) is 86.4 cm³/mol. The molecule has 0 spiro atoms. The highest BCUT2D eigenvalue weighted by molar-refractivity contribution is 5.93. The summed E-state index contributed by atoms with van der Waals surface area (Å²) in [6, 6.07) is 10.6. The molecule has 0 saturated heterocycles. The van der Waals surface area contributed by atoms with Gasteiger partial charge in [-0.3, -0.25) is 4.98 Å². The van der Waals surface area contributed by atoms with E-state index < -0.39 is 0 Å². The van der Waals surface area contributed by atoms with Gasteiger partial charge in [0, 0.05) is 23.1 Å². The summed E-state index contributed by atoms with van der Waals surface area (Å²) < 4.78 is 0. The molecule has 1 aliphatic rings. The second-order valence-electron chi connectivity index (χ2n) is 6.64. The summed E-state index contributed by atoms with van der Waals surface area (Å²) in [6.45, 7) is 9.08. The van der Waals surface area contributed by atoms with Crippen LogP contribution in [-0.4, -0.2) is 4.98 Å². The first-order chi connectivity index (χ1) is 9.47. The Morgan fingerprint density at radius 1 is 1.05 bits per heavy atom. The van der Waals surface area contributed by atoms with Gasteiger partial charge < -0.3 is 0 Å². The third-order valence-electron chi connectivity index (χ3n) is 4.04. The molecule has 102 valence electrons. The lowest BCUT2D eigenvalue weighted by Crippen LogP contribution is -2.06. The monoisotopic (exact) mass is 263 g/mol. The number of rotatable bonds is 1. The third kappa shape index (κ3) is 2.18. The second-order valence-corrected chi connectivity index (χ2v) is 6.64. The molecule has 20 heavy (non-hydrogen) atoms. The number of pyridine rings is 1. The predicted octanol–water partition coefficient (Wildman–Crippen LogP) is 5.24. The maximum absolute atomic E-state index is 4.58. The molecule has 0 aliphatic heterocycles. The molecular weight excluding hydrogens is 242 g/mol. The van der Waals surface area contributed by atoms with Crippen LogP contribution in [0.1, 0.15) is 33.3 Å². The van der Waals surface area contributed by atoms with Gasteiger partial charge in [0.2, 0.25) is 0 Å². The van der Waals surface area contributed by atoms with E-state index in [0.29, 0.717) is 5.92 Å². The SMILES string of the molecule is CC1C=C(C(C)(C)C)C=C1c1cccc2cccnc12. The fraction of sp³-hybridized carbons (Fsp3) is 0.316. The summed E-state index contributed by atoms with van der Waals surface area (Å²) in [5.74, 6) is 0.455. The molecule has 1 aromatic carbocycles. The molecule has 0 saturated carbocycles. The van der Waals surface area contributed by atoms with Gasteiger partial charge >= 0.3 is 0 Å². The lowest BCUT2D eigenvalue weighted by molar-refractivity contribution is 0.516. The van der Waals surface area contributed by atoms with Crippen LogP contribution in [0.2, 0.25) is 0 Å². The molecule has 1 nitrogen and oxygen atoms in total. The Labute approximate surface area is 121 Å². The largest absolute Gasteiger partial charge is 0.256 e. The van der Waals surface area contributed by atoms with E-state index in [9.17, 15) is 0 Å². The Bertz CT molecular complexity index is 709. The molecule has 1 aliphatic carbocycles. The number of aromatic nitrogens is 1. The Morgan fingerprint density at radius 2 is 1.80 bits per heavy atom. The average molecular weight is 263 g/mol. The summed E-state index contributed by atoms with van der Waals surface area (Å²) in [5.41, 5.74) is 5.39. The molecule has 1 heterocycles. The van der Waals surface area contributed by atoms with E-state index in [1.54, 1.807) is 0 Å². The summed E-state index contributed by atoms with van der Waals surface area (Å²) in [6.07, 6.45) is 6.62. The van der Waals surface area contributed by atoms with Crippen LogP contribution in [0.4, 0.5) is 0 Å². The van der Waals surface area contributed by atoms with Gasteiger partial charge in [-0.15, -0.1) is 0 Å². The van der Waals surface area contributed by atoms with Gasteiger partial charge in [-0.05, 0) is 22.6 Å². The minimum absolute atomic E-state index is 0.202. The fourth-order valence-corrected chi connectivity index (χ4v) is 2.83. The normalized spacial score (nSPS) is 19.1. The Balaban J connectivity index is 2.14. The second kappa shape index (κ2) is 4.59. The fourth-order valence-electron chi connectivity index (χ4n) is 2.83. The molecule has 0 N–H and O–H groups in total. The van der Waals surface area contributed by atoms with E-state index in [1.165, 1.54) is 22.1 Å². The first kappa shape index (κ1) is 13.1. The molecule has 1 unspecified atom stereocenters. The zero-order chi connectivity index (χ0) is 14.3. The van der Waals surface area contributed by atoms with Crippen molar-refractivity contribution in [1.82, 2.24) is 4.98 Å². The number of para-hydroxylation sites is 1. The van der Waals surface area contributed by atoms with Crippen molar-refractivity contribution in [2.75, 3.05) is 0 Å². The standard InChI is InChI=1S/C19H21N/c1-13-11-15(19(2,3)4)12-17(13)16-9-5-7-14-8-6-10-20-18(14)16/h5-13H,1-4H3. The van der Waals surface area contributed by atoms with Crippen LogP contribution < -0.4 is 0 Å². The zero-order valence-electron chi connectivity index (χ0n) is 12.6. The minimum atomic E-state index is 0.202. The van der Waals surface area contributed by atoms with Crippen LogP contribution in [0, 0.1) is 11.3 Å². The lowest BCUT2D eigenvalue weighted by Gasteiger charge is -2.18. The average Bonchev–Trinajstić information content (AvgIpc) is 2.80. The number of benzene rings is 1. The molecule has 0 fully saturated rings. The molecule has 0 amide bonds. The highest BCUT2D eigenvalue weighted by atomic mass is 14.6. The molecule has 1 atom stereocenters. The van der Waals surface area contributed by atoms with Gasteiger partial charge in [0.1, 0.15) is 0 Å². The van der Waals surface area contributed by atoms with Crippen molar-refractivity contribution >= 4 is 16.5 Å². The topological polar surface area (TPSA) is 12.9 Å². The molecular formula is C19H21N.